The molecular weight excluding hydrogens is 673 g/mol. The second kappa shape index (κ2) is 10.6. The van der Waals surface area contributed by atoms with Crippen molar-refractivity contribution in [3.8, 4) is 22.3 Å². The van der Waals surface area contributed by atoms with E-state index < -0.39 is 0 Å². The third kappa shape index (κ3) is 3.94. The molecule has 254 valence electrons. The lowest BCUT2D eigenvalue weighted by molar-refractivity contribution is 0.669. The second-order valence-electron chi connectivity index (χ2n) is 14.7. The Bertz CT molecular complexity index is 3720. The third-order valence-corrected chi connectivity index (χ3v) is 11.8. The molecule has 3 nitrogen and oxygen atoms in total. The van der Waals surface area contributed by atoms with Crippen LogP contribution in [0.3, 0.4) is 0 Å². The Labute approximate surface area is 313 Å². The first-order valence-electron chi connectivity index (χ1n) is 18.7. The lowest BCUT2D eigenvalue weighted by atomic mass is 9.84. The first kappa shape index (κ1) is 29.1. The van der Waals surface area contributed by atoms with Gasteiger partial charge in [0.15, 0.2) is 0 Å². The fraction of sp³-hybridized carbons (Fsp3) is 0. The maximum Gasteiger partial charge on any atom is 0.143 e. The second-order valence-corrected chi connectivity index (χ2v) is 14.7. The summed E-state index contributed by atoms with van der Waals surface area (Å²) < 4.78 is 19.8. The normalized spacial score (nSPS) is 12.4. The Kier molecular flexibility index (Phi) is 5.63. The molecule has 0 atom stereocenters. The number of hydrogen-bond acceptors (Lipinski definition) is 3. The monoisotopic (exact) mass is 700 g/mol. The van der Waals surface area contributed by atoms with Gasteiger partial charge in [-0.15, -0.1) is 0 Å². The Morgan fingerprint density at radius 3 is 1.53 bits per heavy atom. The molecular formula is C52H28O3. The minimum atomic E-state index is 0.870. The first-order valence-corrected chi connectivity index (χ1v) is 18.7. The first-order chi connectivity index (χ1) is 27.3. The zero-order valence-electron chi connectivity index (χ0n) is 29.4. The third-order valence-electron chi connectivity index (χ3n) is 11.8. The molecule has 3 heteroatoms. The van der Waals surface area contributed by atoms with Crippen LogP contribution in [0.2, 0.25) is 0 Å². The molecule has 0 aliphatic carbocycles. The maximum absolute atomic E-state index is 6.97. The molecule has 0 aliphatic heterocycles. The number of furan rings is 3. The van der Waals surface area contributed by atoms with Gasteiger partial charge in [0.1, 0.15) is 33.5 Å². The van der Waals surface area contributed by atoms with E-state index in [4.69, 9.17) is 13.3 Å². The van der Waals surface area contributed by atoms with Crippen LogP contribution in [0.15, 0.2) is 183 Å². The molecule has 0 bridgehead atoms. The summed E-state index contributed by atoms with van der Waals surface area (Å²) in [7, 11) is 0. The number of para-hydroxylation sites is 2. The number of rotatable bonds is 2. The van der Waals surface area contributed by atoms with Crippen LogP contribution >= 0.6 is 0 Å². The summed E-state index contributed by atoms with van der Waals surface area (Å²) in [6, 6.07) is 60.7. The van der Waals surface area contributed by atoms with Gasteiger partial charge >= 0.3 is 0 Å². The van der Waals surface area contributed by atoms with Gasteiger partial charge in [-0.05, 0) is 97.4 Å². The van der Waals surface area contributed by atoms with Crippen molar-refractivity contribution in [3.05, 3.63) is 170 Å². The summed E-state index contributed by atoms with van der Waals surface area (Å²) >= 11 is 0. The van der Waals surface area contributed by atoms with Crippen molar-refractivity contribution in [2.45, 2.75) is 0 Å². The zero-order valence-corrected chi connectivity index (χ0v) is 29.4. The van der Waals surface area contributed by atoms with Crippen molar-refractivity contribution in [1.82, 2.24) is 0 Å². The van der Waals surface area contributed by atoms with Crippen molar-refractivity contribution < 1.29 is 13.3 Å². The van der Waals surface area contributed by atoms with E-state index in [-0.39, 0.29) is 0 Å². The molecule has 0 N–H and O–H groups in total. The Balaban J connectivity index is 1.15. The minimum absolute atomic E-state index is 0.870. The number of benzene rings is 10. The van der Waals surface area contributed by atoms with E-state index in [1.165, 1.54) is 43.4 Å². The SMILES string of the molecule is c1ccc2cc3c(cc2c1)oc1ccc(-c2c4ccccc4c(-c4cc5ccc6oc7ccccc7c6c5c5c4oc4ccccc45)c4ccccc24)cc13. The van der Waals surface area contributed by atoms with Gasteiger partial charge in [-0.3, -0.25) is 0 Å². The summed E-state index contributed by atoms with van der Waals surface area (Å²) in [6.45, 7) is 0. The fourth-order valence-corrected chi connectivity index (χ4v) is 9.46. The minimum Gasteiger partial charge on any atom is -0.456 e. The maximum atomic E-state index is 6.97. The molecule has 0 unspecified atom stereocenters. The van der Waals surface area contributed by atoms with Crippen LogP contribution in [-0.4, -0.2) is 0 Å². The van der Waals surface area contributed by atoms with Gasteiger partial charge in [0.25, 0.3) is 0 Å². The zero-order chi connectivity index (χ0) is 35.8. The summed E-state index contributed by atoms with van der Waals surface area (Å²) in [5.74, 6) is 0. The Morgan fingerprint density at radius 1 is 0.273 bits per heavy atom. The van der Waals surface area contributed by atoms with Crippen molar-refractivity contribution in [3.63, 3.8) is 0 Å². The molecule has 0 fully saturated rings. The van der Waals surface area contributed by atoms with Gasteiger partial charge in [0.2, 0.25) is 0 Å². The van der Waals surface area contributed by atoms with Gasteiger partial charge < -0.3 is 13.3 Å². The van der Waals surface area contributed by atoms with E-state index in [1.54, 1.807) is 0 Å². The summed E-state index contributed by atoms with van der Waals surface area (Å²) in [5.41, 5.74) is 9.92. The van der Waals surface area contributed by atoms with Gasteiger partial charge in [0, 0.05) is 48.8 Å². The molecule has 0 radical (unpaired) electrons. The molecule has 13 rings (SSSR count). The molecule has 55 heavy (non-hydrogen) atoms. The average Bonchev–Trinajstić information content (AvgIpc) is 3.93. The van der Waals surface area contributed by atoms with Crippen LogP contribution in [0.4, 0.5) is 0 Å². The molecule has 0 aliphatic rings. The molecule has 3 aromatic heterocycles. The molecule has 13 aromatic rings. The summed E-state index contributed by atoms with van der Waals surface area (Å²) in [4.78, 5) is 0. The van der Waals surface area contributed by atoms with Gasteiger partial charge in [0.05, 0.1) is 0 Å². The molecule has 0 saturated carbocycles. The average molecular weight is 701 g/mol. The highest BCUT2D eigenvalue weighted by Crippen LogP contribution is 2.50. The number of fused-ring (bicyclic) bond motifs is 15. The summed E-state index contributed by atoms with van der Waals surface area (Å²) in [6.07, 6.45) is 0. The van der Waals surface area contributed by atoms with Gasteiger partial charge in [-0.25, -0.2) is 0 Å². The largest absolute Gasteiger partial charge is 0.456 e. The highest BCUT2D eigenvalue weighted by atomic mass is 16.3. The lowest BCUT2D eigenvalue weighted by Gasteiger charge is -2.18. The highest BCUT2D eigenvalue weighted by molar-refractivity contribution is 6.34. The molecule has 10 aromatic carbocycles. The predicted molar refractivity (Wildman–Crippen MR) is 229 cm³/mol. The van der Waals surface area contributed by atoms with Crippen LogP contribution in [0, 0.1) is 0 Å². The van der Waals surface area contributed by atoms with E-state index in [1.807, 2.05) is 6.07 Å². The smallest absolute Gasteiger partial charge is 0.143 e. The van der Waals surface area contributed by atoms with E-state index in [0.29, 0.717) is 0 Å². The van der Waals surface area contributed by atoms with E-state index >= 15 is 0 Å². The molecule has 0 spiro atoms. The number of hydrogen-bond donors (Lipinski definition) is 0. The van der Waals surface area contributed by atoms with Crippen molar-refractivity contribution in [2.75, 3.05) is 0 Å². The van der Waals surface area contributed by atoms with Crippen LogP contribution in [-0.2, 0) is 0 Å². The van der Waals surface area contributed by atoms with Crippen LogP contribution in [0.5, 0.6) is 0 Å². The van der Waals surface area contributed by atoms with Gasteiger partial charge in [-0.1, -0.05) is 121 Å². The Hall–Kier alpha value is -7.36. The quantitative estimate of drug-likeness (QED) is 0.169. The topological polar surface area (TPSA) is 39.4 Å². The Morgan fingerprint density at radius 2 is 0.800 bits per heavy atom. The molecule has 0 saturated heterocycles. The fourth-order valence-electron chi connectivity index (χ4n) is 9.46. The highest BCUT2D eigenvalue weighted by Gasteiger charge is 2.24. The van der Waals surface area contributed by atoms with Crippen molar-refractivity contribution in [2.24, 2.45) is 0 Å². The van der Waals surface area contributed by atoms with Crippen LogP contribution < -0.4 is 0 Å². The van der Waals surface area contributed by atoms with Gasteiger partial charge in [-0.2, -0.15) is 0 Å². The van der Waals surface area contributed by atoms with Crippen molar-refractivity contribution >= 4 is 109 Å². The molecule has 3 heterocycles. The summed E-state index contributed by atoms with van der Waals surface area (Å²) in [5, 5.41) is 16.1. The molecule has 0 amide bonds. The van der Waals surface area contributed by atoms with E-state index in [9.17, 15) is 0 Å². The lowest BCUT2D eigenvalue weighted by Crippen LogP contribution is -1.92. The van der Waals surface area contributed by atoms with Crippen LogP contribution in [0.25, 0.3) is 131 Å². The van der Waals surface area contributed by atoms with Crippen LogP contribution in [0.1, 0.15) is 0 Å². The van der Waals surface area contributed by atoms with Crippen molar-refractivity contribution in [1.29, 1.82) is 0 Å². The van der Waals surface area contributed by atoms with E-state index in [2.05, 4.69) is 164 Å². The standard InChI is InChI=1S/C52H28O3/c1-2-12-30-28-46-40(25-29(30)11-1)39-26-31(21-23-44(39)54-46)47-33-13-3-5-15-35(33)49(36-16-6-4-14-34(36)47)41-27-32-22-24-45-50(37-17-7-9-19-42(37)53-45)48(32)51-38-18-8-10-20-43(38)55-52(41)51/h1-28H. The van der Waals surface area contributed by atoms with E-state index in [0.717, 1.165) is 87.7 Å². The predicted octanol–water partition coefficient (Wildman–Crippen LogP) is 15.3.